The monoisotopic (exact) mass is 468 g/mol. The van der Waals surface area contributed by atoms with E-state index in [-0.39, 0.29) is 5.69 Å². The summed E-state index contributed by atoms with van der Waals surface area (Å²) in [6, 6.07) is 18.1. The summed E-state index contributed by atoms with van der Waals surface area (Å²) in [6.45, 7) is 0. The Morgan fingerprint density at radius 2 is 1.47 bits per heavy atom. The van der Waals surface area contributed by atoms with Gasteiger partial charge in [0.2, 0.25) is 0 Å². The smallest absolute Gasteiger partial charge is 0.416 e. The molecular formula is C27H27F3N2O2. The van der Waals surface area contributed by atoms with Gasteiger partial charge in [0, 0.05) is 22.7 Å². The zero-order valence-corrected chi connectivity index (χ0v) is 18.9. The fraction of sp³-hybridized carbons (Fsp3) is 0.296. The Morgan fingerprint density at radius 1 is 0.824 bits per heavy atom. The maximum Gasteiger partial charge on any atom is 0.416 e. The second kappa shape index (κ2) is 10.2. The number of carbonyl (C=O) groups excluding carboxylic acids is 1. The van der Waals surface area contributed by atoms with E-state index >= 15 is 0 Å². The first-order valence-electron chi connectivity index (χ1n) is 11.4. The van der Waals surface area contributed by atoms with Gasteiger partial charge in [0.05, 0.1) is 18.2 Å². The highest BCUT2D eigenvalue weighted by Crippen LogP contribution is 2.36. The van der Waals surface area contributed by atoms with Crippen LogP contribution in [-0.2, 0) is 10.9 Å². The normalized spacial score (nSPS) is 14.5. The maximum atomic E-state index is 13.6. The average molecular weight is 469 g/mol. The van der Waals surface area contributed by atoms with E-state index in [0.717, 1.165) is 17.8 Å². The van der Waals surface area contributed by atoms with Gasteiger partial charge >= 0.3 is 12.1 Å². The molecule has 4 rings (SSSR count). The Balaban J connectivity index is 1.57. The van der Waals surface area contributed by atoms with Crippen molar-refractivity contribution >= 4 is 28.7 Å². The summed E-state index contributed by atoms with van der Waals surface area (Å²) < 4.78 is 45.5. The van der Waals surface area contributed by atoms with Crippen molar-refractivity contribution in [2.24, 2.45) is 0 Å². The first kappa shape index (κ1) is 23.7. The molecule has 0 saturated heterocycles. The Hall–Kier alpha value is -3.48. The van der Waals surface area contributed by atoms with Gasteiger partial charge in [-0.15, -0.1) is 0 Å². The van der Waals surface area contributed by atoms with E-state index in [4.69, 9.17) is 4.74 Å². The number of esters is 1. The number of benzene rings is 3. The third-order valence-corrected chi connectivity index (χ3v) is 6.11. The third kappa shape index (κ3) is 5.90. The Bertz CT molecular complexity index is 1140. The number of rotatable bonds is 6. The van der Waals surface area contributed by atoms with Crippen LogP contribution in [0.2, 0.25) is 0 Å². The second-order valence-electron chi connectivity index (χ2n) is 8.58. The number of anilines is 4. The molecule has 178 valence electrons. The molecule has 0 radical (unpaired) electrons. The van der Waals surface area contributed by atoms with Gasteiger partial charge in [-0.25, -0.2) is 4.79 Å². The SMILES string of the molecule is COC(=O)c1cccc(Nc2cc(Nc3ccc(C4CCCCC4)cc3)cc(C(F)(F)F)c2)c1. The lowest BCUT2D eigenvalue weighted by Gasteiger charge is -2.22. The summed E-state index contributed by atoms with van der Waals surface area (Å²) >= 11 is 0. The second-order valence-corrected chi connectivity index (χ2v) is 8.58. The van der Waals surface area contributed by atoms with E-state index in [0.29, 0.717) is 22.9 Å². The van der Waals surface area contributed by atoms with Crippen LogP contribution in [-0.4, -0.2) is 13.1 Å². The molecule has 2 N–H and O–H groups in total. The van der Waals surface area contributed by atoms with Gasteiger partial charge < -0.3 is 15.4 Å². The molecule has 0 amide bonds. The van der Waals surface area contributed by atoms with Crippen LogP contribution in [0, 0.1) is 0 Å². The summed E-state index contributed by atoms with van der Waals surface area (Å²) in [5.41, 5.74) is 2.56. The molecule has 3 aromatic rings. The van der Waals surface area contributed by atoms with Gasteiger partial charge in [-0.05, 0) is 72.9 Å². The molecule has 0 bridgehead atoms. The quantitative estimate of drug-likeness (QED) is 0.360. The van der Waals surface area contributed by atoms with E-state index in [1.54, 1.807) is 24.3 Å². The van der Waals surface area contributed by atoms with Crippen LogP contribution in [0.25, 0.3) is 0 Å². The Kier molecular flexibility index (Phi) is 7.10. The number of hydrogen-bond donors (Lipinski definition) is 2. The summed E-state index contributed by atoms with van der Waals surface area (Å²) in [6.07, 6.45) is 1.64. The number of halogens is 3. The predicted octanol–water partition coefficient (Wildman–Crippen LogP) is 8.03. The number of methoxy groups -OCH3 is 1. The van der Waals surface area contributed by atoms with Gasteiger partial charge in [-0.1, -0.05) is 37.5 Å². The molecule has 0 spiro atoms. The van der Waals surface area contributed by atoms with Crippen LogP contribution in [0.5, 0.6) is 0 Å². The largest absolute Gasteiger partial charge is 0.465 e. The van der Waals surface area contributed by atoms with Crippen LogP contribution in [0.15, 0.2) is 66.7 Å². The summed E-state index contributed by atoms with van der Waals surface area (Å²) in [5.74, 6) is 0.0413. The lowest BCUT2D eigenvalue weighted by atomic mass is 9.84. The fourth-order valence-corrected chi connectivity index (χ4v) is 4.39. The lowest BCUT2D eigenvalue weighted by molar-refractivity contribution is -0.137. The standard InChI is InChI=1S/C27H27F3N2O2/c1-34-26(33)20-8-5-9-23(14-20)32-25-16-21(27(28,29)30)15-24(17-25)31-22-12-10-19(11-13-22)18-6-3-2-4-7-18/h5,8-18,31-32H,2-4,6-7H2,1H3. The van der Waals surface area contributed by atoms with E-state index in [9.17, 15) is 18.0 Å². The highest BCUT2D eigenvalue weighted by atomic mass is 19.4. The highest BCUT2D eigenvalue weighted by Gasteiger charge is 2.31. The maximum absolute atomic E-state index is 13.6. The lowest BCUT2D eigenvalue weighted by Crippen LogP contribution is -2.07. The number of carbonyl (C=O) groups is 1. The minimum absolute atomic E-state index is 0.248. The van der Waals surface area contributed by atoms with E-state index in [1.165, 1.54) is 50.8 Å². The minimum Gasteiger partial charge on any atom is -0.465 e. The molecule has 0 aliphatic heterocycles. The van der Waals surface area contributed by atoms with Crippen molar-refractivity contribution < 1.29 is 22.7 Å². The molecule has 4 nitrogen and oxygen atoms in total. The van der Waals surface area contributed by atoms with Crippen LogP contribution < -0.4 is 10.6 Å². The van der Waals surface area contributed by atoms with Crippen LogP contribution in [0.1, 0.15) is 59.5 Å². The van der Waals surface area contributed by atoms with Crippen molar-refractivity contribution in [3.63, 3.8) is 0 Å². The number of ether oxygens (including phenoxy) is 1. The molecule has 1 saturated carbocycles. The zero-order chi connectivity index (χ0) is 24.1. The zero-order valence-electron chi connectivity index (χ0n) is 18.9. The van der Waals surface area contributed by atoms with Crippen molar-refractivity contribution in [1.82, 2.24) is 0 Å². The van der Waals surface area contributed by atoms with Gasteiger partial charge in [-0.2, -0.15) is 13.2 Å². The van der Waals surface area contributed by atoms with Crippen LogP contribution >= 0.6 is 0 Å². The predicted molar refractivity (Wildman–Crippen MR) is 128 cm³/mol. The third-order valence-electron chi connectivity index (χ3n) is 6.11. The first-order chi connectivity index (χ1) is 16.3. The fourth-order valence-electron chi connectivity index (χ4n) is 4.39. The van der Waals surface area contributed by atoms with Gasteiger partial charge in [0.25, 0.3) is 0 Å². The molecular weight excluding hydrogens is 441 g/mol. The van der Waals surface area contributed by atoms with Gasteiger partial charge in [-0.3, -0.25) is 0 Å². The summed E-state index contributed by atoms with van der Waals surface area (Å²) in [5, 5.41) is 6.06. The highest BCUT2D eigenvalue weighted by molar-refractivity contribution is 5.90. The molecule has 1 aliphatic rings. The molecule has 0 unspecified atom stereocenters. The molecule has 7 heteroatoms. The molecule has 0 atom stereocenters. The molecule has 1 fully saturated rings. The summed E-state index contributed by atoms with van der Waals surface area (Å²) in [7, 11) is 1.27. The minimum atomic E-state index is -4.51. The number of nitrogens with one attached hydrogen (secondary N) is 2. The Labute approximate surface area is 197 Å². The van der Waals surface area contributed by atoms with E-state index in [2.05, 4.69) is 22.8 Å². The van der Waals surface area contributed by atoms with E-state index < -0.39 is 17.7 Å². The Morgan fingerprint density at radius 3 is 2.09 bits per heavy atom. The van der Waals surface area contributed by atoms with Gasteiger partial charge in [0.1, 0.15) is 0 Å². The van der Waals surface area contributed by atoms with Crippen molar-refractivity contribution in [1.29, 1.82) is 0 Å². The van der Waals surface area contributed by atoms with Crippen molar-refractivity contribution in [2.75, 3.05) is 17.7 Å². The average Bonchev–Trinajstić information content (AvgIpc) is 2.84. The number of hydrogen-bond acceptors (Lipinski definition) is 4. The molecule has 1 aliphatic carbocycles. The van der Waals surface area contributed by atoms with E-state index in [1.807, 2.05) is 12.1 Å². The van der Waals surface area contributed by atoms with Gasteiger partial charge in [0.15, 0.2) is 0 Å². The van der Waals surface area contributed by atoms with Crippen molar-refractivity contribution in [3.8, 4) is 0 Å². The molecule has 3 aromatic carbocycles. The van der Waals surface area contributed by atoms with Crippen molar-refractivity contribution in [3.05, 3.63) is 83.4 Å². The first-order valence-corrected chi connectivity index (χ1v) is 11.4. The van der Waals surface area contributed by atoms with Crippen molar-refractivity contribution in [2.45, 2.75) is 44.2 Å². The van der Waals surface area contributed by atoms with Crippen LogP contribution in [0.3, 0.4) is 0 Å². The molecule has 0 aromatic heterocycles. The summed E-state index contributed by atoms with van der Waals surface area (Å²) in [4.78, 5) is 11.8. The van der Waals surface area contributed by atoms with Crippen LogP contribution in [0.4, 0.5) is 35.9 Å². The molecule has 0 heterocycles. The molecule has 34 heavy (non-hydrogen) atoms. The topological polar surface area (TPSA) is 50.4 Å². The number of alkyl halides is 3.